The molecule has 1 fully saturated rings. The molecule has 0 aliphatic heterocycles. The highest BCUT2D eigenvalue weighted by atomic mass is 31.2. The van der Waals surface area contributed by atoms with Crippen LogP contribution in [0.1, 0.15) is 251 Å². The van der Waals surface area contributed by atoms with Crippen LogP contribution in [0.25, 0.3) is 0 Å². The second-order valence-electron chi connectivity index (χ2n) is 20.1. The Labute approximate surface area is 433 Å². The van der Waals surface area contributed by atoms with Crippen molar-refractivity contribution < 1.29 is 58.3 Å². The highest BCUT2D eigenvalue weighted by Gasteiger charge is 2.51. The molecular weight excluding hydrogens is 920 g/mol. The number of rotatable bonds is 50. The lowest BCUT2D eigenvalue weighted by atomic mass is 9.85. The first-order chi connectivity index (χ1) is 34.5. The number of hydrogen-bond acceptors (Lipinski definition) is 11. The summed E-state index contributed by atoms with van der Waals surface area (Å²) in [4.78, 5) is 23.3. The van der Waals surface area contributed by atoms with E-state index in [9.17, 15) is 39.8 Å². The number of phosphoric acid groups is 1. The van der Waals surface area contributed by atoms with Gasteiger partial charge < -0.3 is 39.9 Å². The molecule has 0 aromatic rings. The van der Waals surface area contributed by atoms with E-state index in [1.165, 1.54) is 148 Å². The maximum atomic E-state index is 12.9. The Morgan fingerprint density at radius 3 is 1.27 bits per heavy atom. The minimum Gasteiger partial charge on any atom is -0.457 e. The molecule has 0 radical (unpaired) electrons. The van der Waals surface area contributed by atoms with Gasteiger partial charge in [0.2, 0.25) is 0 Å². The topological polar surface area (TPSA) is 192 Å². The molecular formula is C58H107O12P. The first-order valence-electron chi connectivity index (χ1n) is 29.0. The van der Waals surface area contributed by atoms with Crippen LogP contribution >= 0.6 is 7.82 Å². The van der Waals surface area contributed by atoms with Crippen molar-refractivity contribution in [3.63, 3.8) is 0 Å². The Bertz CT molecular complexity index is 1360. The second-order valence-corrected chi connectivity index (χ2v) is 21.5. The van der Waals surface area contributed by atoms with Gasteiger partial charge >= 0.3 is 13.8 Å². The smallest absolute Gasteiger partial charge is 0.457 e. The lowest BCUT2D eigenvalue weighted by Crippen LogP contribution is -2.64. The molecule has 0 aromatic carbocycles. The minimum atomic E-state index is -5.03. The summed E-state index contributed by atoms with van der Waals surface area (Å²) in [7, 11) is -5.03. The largest absolute Gasteiger partial charge is 0.472 e. The zero-order chi connectivity index (χ0) is 51.9. The maximum absolute atomic E-state index is 12.9. The van der Waals surface area contributed by atoms with Gasteiger partial charge in [-0.3, -0.25) is 13.8 Å². The zero-order valence-corrected chi connectivity index (χ0v) is 45.9. The molecule has 1 saturated carbocycles. The third kappa shape index (κ3) is 39.4. The summed E-state index contributed by atoms with van der Waals surface area (Å²) in [6, 6.07) is 0. The van der Waals surface area contributed by atoms with Gasteiger partial charge in [0.1, 0.15) is 42.7 Å². The Kier molecular flexibility index (Phi) is 45.5. The van der Waals surface area contributed by atoms with Crippen LogP contribution in [0.15, 0.2) is 48.6 Å². The molecule has 71 heavy (non-hydrogen) atoms. The molecule has 13 heteroatoms. The number of aliphatic hydroxyl groups excluding tert-OH is 5. The normalized spacial score (nSPS) is 21.1. The van der Waals surface area contributed by atoms with E-state index in [-0.39, 0.29) is 13.0 Å². The monoisotopic (exact) mass is 1030 g/mol. The third-order valence-electron chi connectivity index (χ3n) is 13.5. The van der Waals surface area contributed by atoms with Crippen LogP contribution in [0.2, 0.25) is 0 Å². The lowest BCUT2D eigenvalue weighted by molar-refractivity contribution is -0.220. The van der Waals surface area contributed by atoms with Crippen molar-refractivity contribution in [2.75, 3.05) is 19.8 Å². The molecule has 0 aromatic heterocycles. The van der Waals surface area contributed by atoms with Gasteiger partial charge in [0.15, 0.2) is 0 Å². The number of aliphatic hydroxyl groups is 5. The van der Waals surface area contributed by atoms with Crippen LogP contribution in [0.4, 0.5) is 0 Å². The average Bonchev–Trinajstić information content (AvgIpc) is 3.36. The van der Waals surface area contributed by atoms with E-state index < -0.39 is 63.1 Å². The molecule has 6 unspecified atom stereocenters. The Hall–Kier alpha value is -1.70. The van der Waals surface area contributed by atoms with E-state index in [2.05, 4.69) is 62.5 Å². The van der Waals surface area contributed by atoms with Crippen LogP contribution in [0, 0.1) is 0 Å². The Morgan fingerprint density at radius 1 is 0.465 bits per heavy atom. The van der Waals surface area contributed by atoms with Gasteiger partial charge in [-0.2, -0.15) is 0 Å². The summed E-state index contributed by atoms with van der Waals surface area (Å²) in [5.74, 6) is -0.475. The molecule has 416 valence electrons. The van der Waals surface area contributed by atoms with Gasteiger partial charge in [0.05, 0.1) is 13.2 Å². The molecule has 1 rings (SSSR count). The number of esters is 1. The van der Waals surface area contributed by atoms with Crippen LogP contribution in [-0.4, -0.2) is 98.9 Å². The first-order valence-corrected chi connectivity index (χ1v) is 30.5. The fourth-order valence-corrected chi connectivity index (χ4v) is 9.91. The van der Waals surface area contributed by atoms with E-state index in [0.717, 1.165) is 77.0 Å². The molecule has 0 saturated heterocycles. The van der Waals surface area contributed by atoms with Crippen LogP contribution < -0.4 is 0 Å². The summed E-state index contributed by atoms with van der Waals surface area (Å²) in [6.45, 7) is 4.18. The van der Waals surface area contributed by atoms with Crippen molar-refractivity contribution in [1.82, 2.24) is 0 Å². The minimum absolute atomic E-state index is 0.0791. The molecule has 0 amide bonds. The average molecular weight is 1030 g/mol. The highest BCUT2D eigenvalue weighted by molar-refractivity contribution is 7.47. The summed E-state index contributed by atoms with van der Waals surface area (Å²) in [5.41, 5.74) is 0. The number of unbranched alkanes of at least 4 members (excludes halogenated alkanes) is 30. The number of carbonyl (C=O) groups is 1. The van der Waals surface area contributed by atoms with Crippen molar-refractivity contribution >= 4 is 13.8 Å². The summed E-state index contributed by atoms with van der Waals surface area (Å²) in [5, 5.41) is 50.4. The van der Waals surface area contributed by atoms with Gasteiger partial charge in [-0.15, -0.1) is 0 Å². The second kappa shape index (κ2) is 48.0. The zero-order valence-electron chi connectivity index (χ0n) is 45.0. The summed E-state index contributed by atoms with van der Waals surface area (Å²) < 4.78 is 34.4. The van der Waals surface area contributed by atoms with Gasteiger partial charge in [-0.25, -0.2) is 4.57 Å². The van der Waals surface area contributed by atoms with E-state index in [0.29, 0.717) is 13.0 Å². The van der Waals surface area contributed by atoms with Crippen molar-refractivity contribution in [3.8, 4) is 0 Å². The molecule has 1 aliphatic rings. The quantitative estimate of drug-likeness (QED) is 0.0146. The van der Waals surface area contributed by atoms with Gasteiger partial charge in [0, 0.05) is 13.0 Å². The van der Waals surface area contributed by atoms with Crippen molar-refractivity contribution in [2.24, 2.45) is 0 Å². The molecule has 6 N–H and O–H groups in total. The van der Waals surface area contributed by atoms with E-state index in [4.69, 9.17) is 18.5 Å². The predicted octanol–water partition coefficient (Wildman–Crippen LogP) is 13.9. The van der Waals surface area contributed by atoms with Gasteiger partial charge in [0.25, 0.3) is 0 Å². The molecule has 1 aliphatic carbocycles. The van der Waals surface area contributed by atoms with Crippen LogP contribution in [0.3, 0.4) is 0 Å². The molecule has 0 bridgehead atoms. The number of hydrogen-bond donors (Lipinski definition) is 6. The maximum Gasteiger partial charge on any atom is 0.472 e. The highest BCUT2D eigenvalue weighted by Crippen LogP contribution is 2.47. The van der Waals surface area contributed by atoms with Crippen LogP contribution in [-0.2, 0) is 27.9 Å². The van der Waals surface area contributed by atoms with E-state index in [1.54, 1.807) is 0 Å². The first kappa shape index (κ1) is 67.3. The molecule has 0 heterocycles. The standard InChI is InChI=1S/C58H107O12P/c1-3-5-7-9-11-13-15-17-19-21-23-25-27-29-31-33-35-37-39-41-43-45-47-52(59)69-51(50-68-71(65,66)70-58-56(63)54(61)53(60)55(62)57(58)64)49-67-48-46-44-42-40-38-36-34-32-30-28-26-24-22-20-18-16-14-12-10-8-6-4-2/h6,8,12,14,18,20,24,26,51,53-58,60-64H,3-5,7,9-11,13,15-17,19,21-23,25,27-50H2,1-2H3,(H,65,66)/b8-6-,14-12-,20-18-,26-24-. The fourth-order valence-electron chi connectivity index (χ4n) is 8.94. The third-order valence-corrected chi connectivity index (χ3v) is 14.5. The number of phosphoric ester groups is 1. The fraction of sp³-hybridized carbons (Fsp3) is 0.845. The number of carbonyl (C=O) groups excluding carboxylic acids is 1. The number of allylic oxidation sites excluding steroid dienone is 8. The van der Waals surface area contributed by atoms with Gasteiger partial charge in [-0.1, -0.05) is 242 Å². The molecule has 12 nitrogen and oxygen atoms in total. The van der Waals surface area contributed by atoms with Gasteiger partial charge in [-0.05, 0) is 51.4 Å². The van der Waals surface area contributed by atoms with Crippen molar-refractivity contribution in [2.45, 2.75) is 294 Å². The molecule has 0 spiro atoms. The predicted molar refractivity (Wildman–Crippen MR) is 290 cm³/mol. The summed E-state index contributed by atoms with van der Waals surface area (Å²) in [6.07, 6.45) is 48.9. The SMILES string of the molecule is CC/C=C\C/C=C\C/C=C\C/C=C\CCCCCCCCCCCOCC(COP(=O)(O)OC1C(O)C(O)C(O)C(O)C1O)OC(=O)CCCCCCCCCCCCCCCCCCCCCCCC. The van der Waals surface area contributed by atoms with E-state index >= 15 is 0 Å². The molecule has 6 atom stereocenters. The lowest BCUT2D eigenvalue weighted by Gasteiger charge is -2.41. The van der Waals surface area contributed by atoms with Crippen molar-refractivity contribution in [3.05, 3.63) is 48.6 Å². The Balaban J connectivity index is 2.28. The van der Waals surface area contributed by atoms with Crippen molar-refractivity contribution in [1.29, 1.82) is 0 Å². The summed E-state index contributed by atoms with van der Waals surface area (Å²) >= 11 is 0. The number of ether oxygens (including phenoxy) is 2. The van der Waals surface area contributed by atoms with E-state index in [1.807, 2.05) is 0 Å². The van der Waals surface area contributed by atoms with Crippen LogP contribution in [0.5, 0.6) is 0 Å². The Morgan fingerprint density at radius 2 is 0.831 bits per heavy atom.